The molecule has 1 saturated carbocycles. The lowest BCUT2D eigenvalue weighted by atomic mass is 10.2. The summed E-state index contributed by atoms with van der Waals surface area (Å²) in [4.78, 5) is 0. The maximum atomic E-state index is 11.7. The number of phenolic OH excluding ortho intramolecular Hbond substituents is 1. The van der Waals surface area contributed by atoms with Crippen molar-refractivity contribution in [3.05, 3.63) is 23.8 Å². The molecule has 0 spiro atoms. The maximum absolute atomic E-state index is 11.7. The zero-order valence-electron chi connectivity index (χ0n) is 9.10. The quantitative estimate of drug-likeness (QED) is 0.791. The lowest BCUT2D eigenvalue weighted by molar-refractivity contribution is 0.477. The van der Waals surface area contributed by atoms with Crippen molar-refractivity contribution in [2.24, 2.45) is 5.92 Å². The Balaban J connectivity index is 2.15. The monoisotopic (exact) mass is 241 g/mol. The minimum Gasteiger partial charge on any atom is -0.506 e. The van der Waals surface area contributed by atoms with Crippen molar-refractivity contribution in [3.8, 4) is 5.75 Å². The van der Waals surface area contributed by atoms with Crippen molar-refractivity contribution in [2.75, 3.05) is 10.5 Å². The molecule has 0 unspecified atom stereocenters. The van der Waals surface area contributed by atoms with E-state index in [2.05, 4.69) is 4.72 Å². The summed E-state index contributed by atoms with van der Waals surface area (Å²) < 4.78 is 25.8. The average Bonchev–Trinajstić information content (AvgIpc) is 2.94. The van der Waals surface area contributed by atoms with Crippen LogP contribution in [0.1, 0.15) is 18.4 Å². The van der Waals surface area contributed by atoms with E-state index in [1.807, 2.05) is 6.92 Å². The Hall–Kier alpha value is -1.23. The summed E-state index contributed by atoms with van der Waals surface area (Å²) in [5, 5.41) is 9.52. The van der Waals surface area contributed by atoms with Crippen molar-refractivity contribution in [1.82, 2.24) is 0 Å². The Morgan fingerprint density at radius 1 is 1.44 bits per heavy atom. The SMILES string of the molecule is Cc1ccc(O)c(NS(=O)(=O)CC2CC2)c1. The van der Waals surface area contributed by atoms with Crippen LogP contribution in [0.3, 0.4) is 0 Å². The van der Waals surface area contributed by atoms with Gasteiger partial charge in [0, 0.05) is 0 Å². The van der Waals surface area contributed by atoms with Gasteiger partial charge < -0.3 is 5.11 Å². The molecule has 1 fully saturated rings. The predicted octanol–water partition coefficient (Wildman–Crippen LogP) is 1.85. The maximum Gasteiger partial charge on any atom is 0.233 e. The highest BCUT2D eigenvalue weighted by Gasteiger charge is 2.28. The fraction of sp³-hybridized carbons (Fsp3) is 0.455. The molecule has 0 aliphatic heterocycles. The van der Waals surface area contributed by atoms with Crippen LogP contribution >= 0.6 is 0 Å². The highest BCUT2D eigenvalue weighted by molar-refractivity contribution is 7.92. The highest BCUT2D eigenvalue weighted by atomic mass is 32.2. The Morgan fingerprint density at radius 3 is 2.75 bits per heavy atom. The lowest BCUT2D eigenvalue weighted by Gasteiger charge is -2.09. The van der Waals surface area contributed by atoms with Crippen LogP contribution < -0.4 is 4.72 Å². The van der Waals surface area contributed by atoms with Crippen LogP contribution in [0.25, 0.3) is 0 Å². The number of aryl methyl sites for hydroxylation is 1. The summed E-state index contributed by atoms with van der Waals surface area (Å²) in [5.74, 6) is 0.412. The summed E-state index contributed by atoms with van der Waals surface area (Å²) in [6.45, 7) is 1.85. The smallest absolute Gasteiger partial charge is 0.233 e. The molecule has 0 radical (unpaired) electrons. The normalized spacial score (nSPS) is 16.1. The largest absolute Gasteiger partial charge is 0.506 e. The first kappa shape index (κ1) is 11.3. The molecule has 1 aliphatic carbocycles. The van der Waals surface area contributed by atoms with Crippen LogP contribution in [0, 0.1) is 12.8 Å². The number of anilines is 1. The van der Waals surface area contributed by atoms with Gasteiger partial charge in [-0.3, -0.25) is 4.72 Å². The van der Waals surface area contributed by atoms with Crippen molar-refractivity contribution >= 4 is 15.7 Å². The van der Waals surface area contributed by atoms with E-state index in [1.54, 1.807) is 12.1 Å². The van der Waals surface area contributed by atoms with Crippen LogP contribution in [0.15, 0.2) is 18.2 Å². The van der Waals surface area contributed by atoms with Crippen molar-refractivity contribution in [3.63, 3.8) is 0 Å². The number of hydrogen-bond acceptors (Lipinski definition) is 3. The molecule has 0 bridgehead atoms. The second-order valence-electron chi connectivity index (χ2n) is 4.35. The van der Waals surface area contributed by atoms with Gasteiger partial charge in [-0.05, 0) is 43.4 Å². The van der Waals surface area contributed by atoms with E-state index in [0.29, 0.717) is 5.92 Å². The number of aromatic hydroxyl groups is 1. The first-order chi connectivity index (χ1) is 7.46. The summed E-state index contributed by atoms with van der Waals surface area (Å²) >= 11 is 0. The van der Waals surface area contributed by atoms with Crippen LogP contribution in [0.2, 0.25) is 0 Å². The van der Waals surface area contributed by atoms with Crippen LogP contribution in [0.4, 0.5) is 5.69 Å². The lowest BCUT2D eigenvalue weighted by Crippen LogP contribution is -2.17. The van der Waals surface area contributed by atoms with E-state index in [1.165, 1.54) is 6.07 Å². The Bertz CT molecular complexity index is 492. The molecule has 1 aromatic carbocycles. The fourth-order valence-corrected chi connectivity index (χ4v) is 3.07. The molecule has 2 rings (SSSR count). The number of rotatable bonds is 4. The minimum atomic E-state index is -3.32. The first-order valence-corrected chi connectivity index (χ1v) is 6.91. The van der Waals surface area contributed by atoms with Crippen molar-refractivity contribution in [1.29, 1.82) is 0 Å². The van der Waals surface area contributed by atoms with E-state index in [4.69, 9.17) is 0 Å². The summed E-state index contributed by atoms with van der Waals surface area (Å²) in [6, 6.07) is 4.85. The number of hydrogen-bond donors (Lipinski definition) is 2. The summed E-state index contributed by atoms with van der Waals surface area (Å²) in [7, 11) is -3.32. The predicted molar refractivity (Wildman–Crippen MR) is 63.0 cm³/mol. The van der Waals surface area contributed by atoms with Crippen molar-refractivity contribution < 1.29 is 13.5 Å². The van der Waals surface area contributed by atoms with E-state index >= 15 is 0 Å². The van der Waals surface area contributed by atoms with E-state index in [-0.39, 0.29) is 17.2 Å². The second kappa shape index (κ2) is 3.97. The molecule has 5 heteroatoms. The molecule has 4 nitrogen and oxygen atoms in total. The number of sulfonamides is 1. The number of phenols is 1. The molecule has 0 aromatic heterocycles. The van der Waals surface area contributed by atoms with E-state index in [9.17, 15) is 13.5 Å². The Kier molecular flexibility index (Phi) is 2.80. The topological polar surface area (TPSA) is 66.4 Å². The molecule has 16 heavy (non-hydrogen) atoms. The van der Waals surface area contributed by atoms with Gasteiger partial charge in [0.2, 0.25) is 10.0 Å². The number of benzene rings is 1. The van der Waals surface area contributed by atoms with Gasteiger partial charge in [-0.25, -0.2) is 8.42 Å². The second-order valence-corrected chi connectivity index (χ2v) is 6.11. The number of nitrogens with one attached hydrogen (secondary N) is 1. The van der Waals surface area contributed by atoms with Gasteiger partial charge in [-0.15, -0.1) is 0 Å². The Labute approximate surface area is 95.4 Å². The third kappa shape index (κ3) is 2.88. The molecule has 1 aliphatic rings. The fourth-order valence-electron chi connectivity index (χ4n) is 1.54. The van der Waals surface area contributed by atoms with Gasteiger partial charge in [-0.2, -0.15) is 0 Å². The van der Waals surface area contributed by atoms with Gasteiger partial charge in [0.25, 0.3) is 0 Å². The average molecular weight is 241 g/mol. The van der Waals surface area contributed by atoms with Gasteiger partial charge >= 0.3 is 0 Å². The highest BCUT2D eigenvalue weighted by Crippen LogP contribution is 2.32. The van der Waals surface area contributed by atoms with Crippen LogP contribution in [-0.4, -0.2) is 19.3 Å². The molecule has 0 amide bonds. The minimum absolute atomic E-state index is 0.0371. The molecular formula is C11H15NO3S. The van der Waals surface area contributed by atoms with Gasteiger partial charge in [0.15, 0.2) is 0 Å². The molecule has 0 saturated heterocycles. The molecule has 0 atom stereocenters. The van der Waals surface area contributed by atoms with E-state index in [0.717, 1.165) is 18.4 Å². The molecule has 1 aromatic rings. The van der Waals surface area contributed by atoms with Crippen molar-refractivity contribution in [2.45, 2.75) is 19.8 Å². The van der Waals surface area contributed by atoms with Crippen LogP contribution in [-0.2, 0) is 10.0 Å². The van der Waals surface area contributed by atoms with Gasteiger partial charge in [0.1, 0.15) is 5.75 Å². The Morgan fingerprint density at radius 2 is 2.12 bits per heavy atom. The van der Waals surface area contributed by atoms with E-state index < -0.39 is 10.0 Å². The zero-order valence-corrected chi connectivity index (χ0v) is 9.92. The molecular weight excluding hydrogens is 226 g/mol. The summed E-state index contributed by atoms with van der Waals surface area (Å²) in [5.41, 5.74) is 1.17. The van der Waals surface area contributed by atoms with Gasteiger partial charge in [0.05, 0.1) is 11.4 Å². The van der Waals surface area contributed by atoms with Crippen LogP contribution in [0.5, 0.6) is 5.75 Å². The zero-order chi connectivity index (χ0) is 11.8. The first-order valence-electron chi connectivity index (χ1n) is 5.26. The summed E-state index contributed by atoms with van der Waals surface area (Å²) in [6.07, 6.45) is 1.97. The van der Waals surface area contributed by atoms with Gasteiger partial charge in [-0.1, -0.05) is 6.07 Å². The standard InChI is InChI=1S/C11H15NO3S/c1-8-2-5-11(13)10(6-8)12-16(14,15)7-9-3-4-9/h2,5-6,9,12-13H,3-4,7H2,1H3. The molecule has 0 heterocycles. The molecule has 88 valence electrons. The third-order valence-corrected chi connectivity index (χ3v) is 4.01. The third-order valence-electron chi connectivity index (χ3n) is 2.57. The molecule has 2 N–H and O–H groups in total.